The largest absolute Gasteiger partial charge is 0.494 e. The Morgan fingerprint density at radius 2 is 2.33 bits per heavy atom. The topological polar surface area (TPSA) is 102 Å². The van der Waals surface area contributed by atoms with Crippen LogP contribution in [0.1, 0.15) is 6.92 Å². The van der Waals surface area contributed by atoms with Crippen molar-refractivity contribution >= 4 is 17.3 Å². The zero-order chi connectivity index (χ0) is 15.4. The molecule has 0 aliphatic carbocycles. The lowest BCUT2D eigenvalue weighted by molar-refractivity contribution is -0.384. The Labute approximate surface area is 121 Å². The third-order valence-electron chi connectivity index (χ3n) is 3.14. The molecule has 0 radical (unpaired) electrons. The number of rotatable bonds is 5. The van der Waals surface area contributed by atoms with Gasteiger partial charge in [-0.25, -0.2) is 4.79 Å². The molecular formula is C13H16N2O6. The molecule has 1 atom stereocenters. The van der Waals surface area contributed by atoms with Crippen LogP contribution in [-0.4, -0.2) is 48.4 Å². The molecule has 0 aromatic heterocycles. The number of benzene rings is 1. The van der Waals surface area contributed by atoms with E-state index in [1.165, 1.54) is 12.1 Å². The van der Waals surface area contributed by atoms with Gasteiger partial charge >= 0.3 is 5.97 Å². The highest BCUT2D eigenvalue weighted by Crippen LogP contribution is 2.30. The number of hydrogen-bond donors (Lipinski definition) is 1. The summed E-state index contributed by atoms with van der Waals surface area (Å²) in [7, 11) is 0. The lowest BCUT2D eigenvalue weighted by atomic mass is 10.1. The van der Waals surface area contributed by atoms with Crippen molar-refractivity contribution in [1.29, 1.82) is 0 Å². The first kappa shape index (κ1) is 15.0. The fourth-order valence-corrected chi connectivity index (χ4v) is 2.21. The molecule has 114 valence electrons. The molecule has 1 aliphatic rings. The van der Waals surface area contributed by atoms with Gasteiger partial charge in [-0.05, 0) is 6.92 Å². The molecule has 0 amide bonds. The minimum absolute atomic E-state index is 0.0436. The summed E-state index contributed by atoms with van der Waals surface area (Å²) in [6.45, 7) is 2.90. The predicted octanol–water partition coefficient (Wildman–Crippen LogP) is 1.28. The summed E-state index contributed by atoms with van der Waals surface area (Å²) in [6, 6.07) is 3.42. The van der Waals surface area contributed by atoms with Gasteiger partial charge in [-0.15, -0.1) is 0 Å². The van der Waals surface area contributed by atoms with Gasteiger partial charge in [0.05, 0.1) is 30.8 Å². The van der Waals surface area contributed by atoms with Gasteiger partial charge in [0.1, 0.15) is 5.75 Å². The van der Waals surface area contributed by atoms with E-state index in [1.807, 2.05) is 0 Å². The van der Waals surface area contributed by atoms with Gasteiger partial charge in [0.25, 0.3) is 5.69 Å². The Morgan fingerprint density at radius 3 is 2.95 bits per heavy atom. The number of carboxylic acids is 1. The fraction of sp³-hybridized carbons (Fsp3) is 0.462. The van der Waals surface area contributed by atoms with E-state index >= 15 is 0 Å². The SMILES string of the molecule is CCOc1cc(N2CCOCC2C(=O)O)cc([N+](=O)[O-])c1. The number of nitro groups is 1. The van der Waals surface area contributed by atoms with Crippen molar-refractivity contribution in [3.8, 4) is 5.75 Å². The molecule has 8 heteroatoms. The highest BCUT2D eigenvalue weighted by Gasteiger charge is 2.30. The van der Waals surface area contributed by atoms with Gasteiger partial charge < -0.3 is 19.5 Å². The van der Waals surface area contributed by atoms with Crippen LogP contribution >= 0.6 is 0 Å². The molecule has 1 heterocycles. The molecule has 21 heavy (non-hydrogen) atoms. The quantitative estimate of drug-likeness (QED) is 0.645. The Hall–Kier alpha value is -2.35. The Kier molecular flexibility index (Phi) is 4.59. The van der Waals surface area contributed by atoms with Crippen LogP contribution in [0.3, 0.4) is 0 Å². The molecule has 1 N–H and O–H groups in total. The standard InChI is InChI=1S/C13H16N2O6/c1-2-21-11-6-9(5-10(7-11)15(18)19)14-3-4-20-8-12(14)13(16)17/h5-7,12H,2-4,8H2,1H3,(H,16,17). The summed E-state index contributed by atoms with van der Waals surface area (Å²) in [5.74, 6) is -0.684. The summed E-state index contributed by atoms with van der Waals surface area (Å²) in [5.41, 5.74) is 0.315. The fourth-order valence-electron chi connectivity index (χ4n) is 2.21. The second-order valence-corrected chi connectivity index (χ2v) is 4.50. The monoisotopic (exact) mass is 296 g/mol. The molecule has 2 rings (SSSR count). The van der Waals surface area contributed by atoms with E-state index in [2.05, 4.69) is 0 Å². The van der Waals surface area contributed by atoms with Crippen molar-refractivity contribution in [3.05, 3.63) is 28.3 Å². The van der Waals surface area contributed by atoms with Crippen molar-refractivity contribution in [2.24, 2.45) is 0 Å². The van der Waals surface area contributed by atoms with Crippen LogP contribution in [0.25, 0.3) is 0 Å². The summed E-state index contributed by atoms with van der Waals surface area (Å²) in [5, 5.41) is 20.2. The second-order valence-electron chi connectivity index (χ2n) is 4.50. The molecule has 1 unspecified atom stereocenters. The molecule has 1 aromatic rings. The number of carboxylic acid groups (broad SMARTS) is 1. The Morgan fingerprint density at radius 1 is 1.57 bits per heavy atom. The lowest BCUT2D eigenvalue weighted by Crippen LogP contribution is -2.50. The molecule has 0 spiro atoms. The van der Waals surface area contributed by atoms with Crippen molar-refractivity contribution < 1.29 is 24.3 Å². The zero-order valence-electron chi connectivity index (χ0n) is 11.5. The third-order valence-corrected chi connectivity index (χ3v) is 3.14. The average molecular weight is 296 g/mol. The van der Waals surface area contributed by atoms with E-state index in [0.29, 0.717) is 31.2 Å². The van der Waals surface area contributed by atoms with E-state index < -0.39 is 16.9 Å². The third kappa shape index (κ3) is 3.40. The van der Waals surface area contributed by atoms with Gasteiger partial charge in [-0.3, -0.25) is 10.1 Å². The van der Waals surface area contributed by atoms with E-state index in [-0.39, 0.29) is 12.3 Å². The van der Waals surface area contributed by atoms with Crippen LogP contribution in [0.5, 0.6) is 5.75 Å². The molecule has 8 nitrogen and oxygen atoms in total. The second kappa shape index (κ2) is 6.40. The molecule has 1 saturated heterocycles. The van der Waals surface area contributed by atoms with Crippen LogP contribution in [0.2, 0.25) is 0 Å². The molecular weight excluding hydrogens is 280 g/mol. The predicted molar refractivity (Wildman–Crippen MR) is 73.9 cm³/mol. The number of aliphatic carboxylic acids is 1. The van der Waals surface area contributed by atoms with Crippen molar-refractivity contribution in [3.63, 3.8) is 0 Å². The zero-order valence-corrected chi connectivity index (χ0v) is 11.5. The average Bonchev–Trinajstić information content (AvgIpc) is 2.47. The van der Waals surface area contributed by atoms with E-state index in [1.54, 1.807) is 17.9 Å². The lowest BCUT2D eigenvalue weighted by Gasteiger charge is -2.34. The number of non-ortho nitro benzene ring substituents is 1. The minimum Gasteiger partial charge on any atom is -0.494 e. The molecule has 0 bridgehead atoms. The maximum absolute atomic E-state index is 11.3. The molecule has 1 aromatic carbocycles. The maximum atomic E-state index is 11.3. The summed E-state index contributed by atoms with van der Waals surface area (Å²) < 4.78 is 10.5. The summed E-state index contributed by atoms with van der Waals surface area (Å²) in [6.07, 6.45) is 0. The van der Waals surface area contributed by atoms with Crippen LogP contribution in [0.15, 0.2) is 18.2 Å². The van der Waals surface area contributed by atoms with Gasteiger partial charge in [0, 0.05) is 24.4 Å². The van der Waals surface area contributed by atoms with E-state index in [4.69, 9.17) is 9.47 Å². The number of ether oxygens (including phenoxy) is 2. The van der Waals surface area contributed by atoms with Crippen LogP contribution in [0, 0.1) is 10.1 Å². The van der Waals surface area contributed by atoms with Gasteiger partial charge in [-0.2, -0.15) is 0 Å². The van der Waals surface area contributed by atoms with Crippen LogP contribution in [0.4, 0.5) is 11.4 Å². The van der Waals surface area contributed by atoms with Crippen molar-refractivity contribution in [2.45, 2.75) is 13.0 Å². The van der Waals surface area contributed by atoms with Gasteiger partial charge in [0.15, 0.2) is 6.04 Å². The van der Waals surface area contributed by atoms with Gasteiger partial charge in [-0.1, -0.05) is 0 Å². The summed E-state index contributed by atoms with van der Waals surface area (Å²) >= 11 is 0. The molecule has 1 aliphatic heterocycles. The number of carbonyl (C=O) groups is 1. The Balaban J connectivity index is 2.40. The van der Waals surface area contributed by atoms with E-state index in [9.17, 15) is 20.0 Å². The van der Waals surface area contributed by atoms with E-state index in [0.717, 1.165) is 0 Å². The minimum atomic E-state index is -1.03. The first-order valence-corrected chi connectivity index (χ1v) is 6.52. The van der Waals surface area contributed by atoms with Crippen LogP contribution < -0.4 is 9.64 Å². The number of morpholine rings is 1. The first-order chi connectivity index (χ1) is 10.0. The highest BCUT2D eigenvalue weighted by molar-refractivity contribution is 5.79. The molecule has 1 fully saturated rings. The first-order valence-electron chi connectivity index (χ1n) is 6.52. The van der Waals surface area contributed by atoms with Crippen molar-refractivity contribution in [1.82, 2.24) is 0 Å². The van der Waals surface area contributed by atoms with Gasteiger partial charge in [0.2, 0.25) is 0 Å². The smallest absolute Gasteiger partial charge is 0.328 e. The number of nitrogens with zero attached hydrogens (tertiary/aromatic N) is 2. The van der Waals surface area contributed by atoms with Crippen molar-refractivity contribution in [2.75, 3.05) is 31.3 Å². The maximum Gasteiger partial charge on any atom is 0.328 e. The number of anilines is 1. The highest BCUT2D eigenvalue weighted by atomic mass is 16.6. The molecule has 0 saturated carbocycles. The van der Waals surface area contributed by atoms with Crippen LogP contribution in [-0.2, 0) is 9.53 Å². The normalized spacial score (nSPS) is 18.3. The summed E-state index contributed by atoms with van der Waals surface area (Å²) in [4.78, 5) is 23.3. The Bertz CT molecular complexity index is 547. The number of nitro benzene ring substituents is 1. The number of hydrogen-bond acceptors (Lipinski definition) is 6.